The number of esters is 1. The molecule has 3 nitrogen and oxygen atoms in total. The van der Waals surface area contributed by atoms with E-state index >= 15 is 0 Å². The van der Waals surface area contributed by atoms with Crippen LogP contribution in [0.15, 0.2) is 40.8 Å². The monoisotopic (exact) mass is 260 g/mol. The molecule has 1 aromatic carbocycles. The van der Waals surface area contributed by atoms with Crippen LogP contribution in [0.4, 0.5) is 4.39 Å². The fourth-order valence-corrected chi connectivity index (χ4v) is 1.77. The van der Waals surface area contributed by atoms with Crippen LogP contribution in [0.1, 0.15) is 23.4 Å². The standard InChI is InChI=1S/C15H13FO3/c16-12-5-3-11(4-6-12)13-7-8-14(19-13)15(17)18-9-10-1-2-10/h3-8,10H,1-2,9H2. The largest absolute Gasteiger partial charge is 0.460 e. The maximum atomic E-state index is 12.8. The van der Waals surface area contributed by atoms with E-state index in [-0.39, 0.29) is 11.6 Å². The van der Waals surface area contributed by atoms with Gasteiger partial charge in [-0.25, -0.2) is 9.18 Å². The first-order valence-electron chi connectivity index (χ1n) is 6.25. The molecular formula is C15H13FO3. The molecule has 0 atom stereocenters. The fraction of sp³-hybridized carbons (Fsp3) is 0.267. The van der Waals surface area contributed by atoms with Crippen LogP contribution in [-0.2, 0) is 4.74 Å². The van der Waals surface area contributed by atoms with Crippen LogP contribution >= 0.6 is 0 Å². The molecule has 3 rings (SSSR count). The third-order valence-electron chi connectivity index (χ3n) is 3.08. The number of hydrogen-bond acceptors (Lipinski definition) is 3. The minimum Gasteiger partial charge on any atom is -0.460 e. The highest BCUT2D eigenvalue weighted by molar-refractivity contribution is 5.87. The van der Waals surface area contributed by atoms with E-state index in [2.05, 4.69) is 0 Å². The molecule has 19 heavy (non-hydrogen) atoms. The highest BCUT2D eigenvalue weighted by Crippen LogP contribution is 2.29. The summed E-state index contributed by atoms with van der Waals surface area (Å²) in [5.74, 6) is 0.480. The number of benzene rings is 1. The van der Waals surface area contributed by atoms with Crippen molar-refractivity contribution in [1.82, 2.24) is 0 Å². The van der Waals surface area contributed by atoms with Gasteiger partial charge in [-0.3, -0.25) is 0 Å². The van der Waals surface area contributed by atoms with Gasteiger partial charge in [0.25, 0.3) is 0 Å². The number of hydrogen-bond donors (Lipinski definition) is 0. The molecule has 4 heteroatoms. The molecule has 98 valence electrons. The SMILES string of the molecule is O=C(OCC1CC1)c1ccc(-c2ccc(F)cc2)o1. The average molecular weight is 260 g/mol. The first-order chi connectivity index (χ1) is 9.22. The van der Waals surface area contributed by atoms with Gasteiger partial charge in [0.05, 0.1) is 6.61 Å². The Balaban J connectivity index is 1.71. The van der Waals surface area contributed by atoms with Crippen molar-refractivity contribution in [1.29, 1.82) is 0 Å². The van der Waals surface area contributed by atoms with Gasteiger partial charge in [0.1, 0.15) is 11.6 Å². The molecule has 1 aliphatic rings. The lowest BCUT2D eigenvalue weighted by atomic mass is 10.2. The summed E-state index contributed by atoms with van der Waals surface area (Å²) in [6.45, 7) is 0.464. The van der Waals surface area contributed by atoms with Crippen LogP contribution in [0.5, 0.6) is 0 Å². The number of halogens is 1. The van der Waals surface area contributed by atoms with Crippen molar-refractivity contribution in [3.05, 3.63) is 48.0 Å². The summed E-state index contributed by atoms with van der Waals surface area (Å²) in [4.78, 5) is 11.7. The van der Waals surface area contributed by atoms with Crippen LogP contribution < -0.4 is 0 Å². The molecule has 0 saturated heterocycles. The van der Waals surface area contributed by atoms with E-state index in [4.69, 9.17) is 9.15 Å². The Hall–Kier alpha value is -2.10. The molecule has 2 aromatic rings. The summed E-state index contributed by atoms with van der Waals surface area (Å²) in [7, 11) is 0. The summed E-state index contributed by atoms with van der Waals surface area (Å²) < 4.78 is 23.4. The summed E-state index contributed by atoms with van der Waals surface area (Å²) >= 11 is 0. The highest BCUT2D eigenvalue weighted by atomic mass is 19.1. The molecule has 0 amide bonds. The van der Waals surface area contributed by atoms with Gasteiger partial charge in [-0.05, 0) is 55.2 Å². The molecule has 0 aliphatic heterocycles. The Kier molecular flexibility index (Phi) is 3.07. The molecule has 0 radical (unpaired) electrons. The van der Waals surface area contributed by atoms with E-state index in [9.17, 15) is 9.18 Å². The predicted octanol–water partition coefficient (Wildman–Crippen LogP) is 3.65. The predicted molar refractivity (Wildman–Crippen MR) is 67.1 cm³/mol. The molecule has 1 saturated carbocycles. The number of furan rings is 1. The zero-order valence-electron chi connectivity index (χ0n) is 10.3. The lowest BCUT2D eigenvalue weighted by molar-refractivity contribution is 0.0451. The van der Waals surface area contributed by atoms with Crippen LogP contribution in [0.3, 0.4) is 0 Å². The van der Waals surface area contributed by atoms with Gasteiger partial charge in [0, 0.05) is 5.56 Å². The van der Waals surface area contributed by atoms with E-state index in [1.807, 2.05) is 0 Å². The first-order valence-corrected chi connectivity index (χ1v) is 6.25. The maximum Gasteiger partial charge on any atom is 0.374 e. The second kappa shape index (κ2) is 4.88. The summed E-state index contributed by atoms with van der Waals surface area (Å²) in [5, 5.41) is 0. The van der Waals surface area contributed by atoms with E-state index in [0.717, 1.165) is 18.4 Å². The average Bonchev–Trinajstić information content (AvgIpc) is 3.12. The molecule has 0 bridgehead atoms. The van der Waals surface area contributed by atoms with Gasteiger partial charge in [-0.1, -0.05) is 0 Å². The van der Waals surface area contributed by atoms with Crippen molar-refractivity contribution in [3.63, 3.8) is 0 Å². The third-order valence-corrected chi connectivity index (χ3v) is 3.08. The second-order valence-electron chi connectivity index (χ2n) is 4.71. The lowest BCUT2D eigenvalue weighted by Gasteiger charge is -2.00. The van der Waals surface area contributed by atoms with Crippen molar-refractivity contribution in [2.45, 2.75) is 12.8 Å². The molecule has 0 N–H and O–H groups in total. The molecule has 1 heterocycles. The number of ether oxygens (including phenoxy) is 1. The Morgan fingerprint density at radius 3 is 2.63 bits per heavy atom. The number of rotatable bonds is 4. The zero-order valence-corrected chi connectivity index (χ0v) is 10.3. The molecule has 1 fully saturated rings. The molecule has 1 aliphatic carbocycles. The topological polar surface area (TPSA) is 39.4 Å². The van der Waals surface area contributed by atoms with E-state index in [1.165, 1.54) is 12.1 Å². The minimum absolute atomic E-state index is 0.181. The molecular weight excluding hydrogens is 247 g/mol. The van der Waals surface area contributed by atoms with Gasteiger partial charge in [-0.15, -0.1) is 0 Å². The number of carbonyl (C=O) groups excluding carboxylic acids is 1. The van der Waals surface area contributed by atoms with Crippen molar-refractivity contribution in [2.24, 2.45) is 5.92 Å². The fourth-order valence-electron chi connectivity index (χ4n) is 1.77. The maximum absolute atomic E-state index is 12.8. The quantitative estimate of drug-likeness (QED) is 0.788. The van der Waals surface area contributed by atoms with Crippen molar-refractivity contribution in [2.75, 3.05) is 6.61 Å². The van der Waals surface area contributed by atoms with Gasteiger partial charge in [0.15, 0.2) is 0 Å². The zero-order chi connectivity index (χ0) is 13.2. The summed E-state index contributed by atoms with van der Waals surface area (Å²) in [5.41, 5.74) is 0.725. The van der Waals surface area contributed by atoms with Crippen LogP contribution in [-0.4, -0.2) is 12.6 Å². The minimum atomic E-state index is -0.444. The Labute approximate surface area is 110 Å². The molecule has 1 aromatic heterocycles. The van der Waals surface area contributed by atoms with E-state index in [0.29, 0.717) is 18.3 Å². The normalized spacial score (nSPS) is 14.4. The summed E-state index contributed by atoms with van der Waals surface area (Å²) in [6, 6.07) is 9.17. The van der Waals surface area contributed by atoms with Gasteiger partial charge < -0.3 is 9.15 Å². The first kappa shape index (κ1) is 12.0. The Morgan fingerprint density at radius 2 is 1.95 bits per heavy atom. The lowest BCUT2D eigenvalue weighted by Crippen LogP contribution is -2.06. The van der Waals surface area contributed by atoms with E-state index < -0.39 is 5.97 Å². The highest BCUT2D eigenvalue weighted by Gasteiger charge is 2.24. The molecule has 0 spiro atoms. The Morgan fingerprint density at radius 1 is 1.21 bits per heavy atom. The van der Waals surface area contributed by atoms with Crippen molar-refractivity contribution in [3.8, 4) is 11.3 Å². The van der Waals surface area contributed by atoms with Crippen LogP contribution in [0.2, 0.25) is 0 Å². The second-order valence-corrected chi connectivity index (χ2v) is 4.71. The van der Waals surface area contributed by atoms with Gasteiger partial charge >= 0.3 is 5.97 Å². The number of carbonyl (C=O) groups is 1. The van der Waals surface area contributed by atoms with Gasteiger partial charge in [-0.2, -0.15) is 0 Å². The van der Waals surface area contributed by atoms with Crippen LogP contribution in [0, 0.1) is 11.7 Å². The Bertz CT molecular complexity index is 582. The van der Waals surface area contributed by atoms with Crippen LogP contribution in [0.25, 0.3) is 11.3 Å². The third kappa shape index (κ3) is 2.84. The van der Waals surface area contributed by atoms with E-state index in [1.54, 1.807) is 24.3 Å². The van der Waals surface area contributed by atoms with Gasteiger partial charge in [0.2, 0.25) is 5.76 Å². The molecule has 0 unspecified atom stereocenters. The van der Waals surface area contributed by atoms with Crippen molar-refractivity contribution < 1.29 is 18.3 Å². The smallest absolute Gasteiger partial charge is 0.374 e. The summed E-state index contributed by atoms with van der Waals surface area (Å²) in [6.07, 6.45) is 2.26. The van der Waals surface area contributed by atoms with Crippen molar-refractivity contribution >= 4 is 5.97 Å².